The lowest BCUT2D eigenvalue weighted by Crippen LogP contribution is -2.64. The summed E-state index contributed by atoms with van der Waals surface area (Å²) in [6, 6.07) is 14.7. The number of benzene rings is 2. The van der Waals surface area contributed by atoms with Gasteiger partial charge in [0.2, 0.25) is 0 Å². The van der Waals surface area contributed by atoms with Gasteiger partial charge < -0.3 is 14.7 Å². The molecule has 2 saturated heterocycles. The molecule has 0 aromatic heterocycles. The minimum absolute atomic E-state index is 0.348. The summed E-state index contributed by atoms with van der Waals surface area (Å²) in [6.45, 7) is 4.58. The van der Waals surface area contributed by atoms with Gasteiger partial charge >= 0.3 is 6.03 Å². The van der Waals surface area contributed by atoms with Crippen LogP contribution in [0.15, 0.2) is 53.5 Å². The number of halogens is 2. The van der Waals surface area contributed by atoms with Crippen molar-refractivity contribution in [1.82, 2.24) is 24.9 Å². The Morgan fingerprint density at radius 1 is 1.00 bits per heavy atom. The number of aliphatic imine (C=N–C) groups is 1. The SMILES string of the molecule is CN1C(=O)NC(=O)C2C1N=C(N1CCN(Cc3ccccc3)CC1)N2Cc1ccc(Cl)cc1Cl. The Morgan fingerprint density at radius 3 is 2.44 bits per heavy atom. The summed E-state index contributed by atoms with van der Waals surface area (Å²) >= 11 is 12.5. The molecule has 1 N–H and O–H groups in total. The highest BCUT2D eigenvalue weighted by Crippen LogP contribution is 2.30. The van der Waals surface area contributed by atoms with Crippen molar-refractivity contribution in [2.75, 3.05) is 33.2 Å². The van der Waals surface area contributed by atoms with Crippen molar-refractivity contribution < 1.29 is 9.59 Å². The Labute approximate surface area is 208 Å². The van der Waals surface area contributed by atoms with E-state index in [2.05, 4.69) is 39.4 Å². The molecule has 0 saturated carbocycles. The predicted octanol–water partition coefficient (Wildman–Crippen LogP) is 2.86. The normalized spacial score (nSPS) is 23.1. The molecular weight excluding hydrogens is 475 g/mol. The van der Waals surface area contributed by atoms with Crippen LogP contribution in [0, 0.1) is 0 Å². The van der Waals surface area contributed by atoms with Crippen molar-refractivity contribution >= 4 is 41.1 Å². The minimum Gasteiger partial charge on any atom is -0.340 e. The number of carbonyl (C=O) groups excluding carboxylic acids is 2. The number of urea groups is 1. The first-order valence-electron chi connectivity index (χ1n) is 11.3. The number of amides is 3. The zero-order valence-corrected chi connectivity index (χ0v) is 20.3. The molecule has 0 aliphatic carbocycles. The molecule has 0 bridgehead atoms. The highest BCUT2D eigenvalue weighted by atomic mass is 35.5. The number of carbonyl (C=O) groups is 2. The van der Waals surface area contributed by atoms with E-state index >= 15 is 0 Å². The van der Waals surface area contributed by atoms with Crippen molar-refractivity contribution in [3.8, 4) is 0 Å². The molecule has 3 aliphatic heterocycles. The monoisotopic (exact) mass is 500 g/mol. The van der Waals surface area contributed by atoms with Crippen molar-refractivity contribution in [3.63, 3.8) is 0 Å². The fourth-order valence-electron chi connectivity index (χ4n) is 4.72. The van der Waals surface area contributed by atoms with E-state index in [0.717, 1.165) is 44.2 Å². The van der Waals surface area contributed by atoms with Crippen LogP contribution >= 0.6 is 23.2 Å². The third-order valence-electron chi connectivity index (χ3n) is 6.60. The largest absolute Gasteiger partial charge is 0.340 e. The molecule has 3 amide bonds. The third kappa shape index (κ3) is 4.45. The van der Waals surface area contributed by atoms with Crippen LogP contribution in [0.3, 0.4) is 0 Å². The Kier molecular flexibility index (Phi) is 6.38. The summed E-state index contributed by atoms with van der Waals surface area (Å²) in [5.74, 6) is 0.372. The average Bonchev–Trinajstić information content (AvgIpc) is 3.20. The van der Waals surface area contributed by atoms with Crippen molar-refractivity contribution in [1.29, 1.82) is 0 Å². The smallest absolute Gasteiger partial charge is 0.325 e. The Bertz CT molecular complexity index is 1120. The Morgan fingerprint density at radius 2 is 1.74 bits per heavy atom. The van der Waals surface area contributed by atoms with Gasteiger partial charge in [0.1, 0.15) is 0 Å². The first-order valence-corrected chi connectivity index (χ1v) is 12.0. The van der Waals surface area contributed by atoms with E-state index in [4.69, 9.17) is 28.2 Å². The molecule has 3 aliphatic rings. The summed E-state index contributed by atoms with van der Waals surface area (Å²) in [7, 11) is 1.66. The van der Waals surface area contributed by atoms with Crippen LogP contribution in [-0.4, -0.2) is 82.9 Å². The van der Waals surface area contributed by atoms with Crippen LogP contribution in [0.2, 0.25) is 10.0 Å². The lowest BCUT2D eigenvalue weighted by Gasteiger charge is -2.40. The molecule has 10 heteroatoms. The summed E-state index contributed by atoms with van der Waals surface area (Å²) in [5.41, 5.74) is 2.13. The van der Waals surface area contributed by atoms with Gasteiger partial charge in [-0.3, -0.25) is 15.0 Å². The van der Waals surface area contributed by atoms with E-state index in [9.17, 15) is 9.59 Å². The van der Waals surface area contributed by atoms with E-state index in [-0.39, 0.29) is 5.91 Å². The molecule has 2 fully saturated rings. The van der Waals surface area contributed by atoms with Gasteiger partial charge in [-0.05, 0) is 23.3 Å². The number of piperazine rings is 1. The second-order valence-electron chi connectivity index (χ2n) is 8.81. The van der Waals surface area contributed by atoms with Crippen molar-refractivity contribution in [3.05, 3.63) is 69.7 Å². The van der Waals surface area contributed by atoms with Crippen LogP contribution in [0.25, 0.3) is 0 Å². The van der Waals surface area contributed by atoms with Gasteiger partial charge in [-0.15, -0.1) is 0 Å². The molecule has 2 atom stereocenters. The molecule has 2 aromatic carbocycles. The topological polar surface area (TPSA) is 71.5 Å². The van der Waals surface area contributed by atoms with Crippen LogP contribution in [0.5, 0.6) is 0 Å². The summed E-state index contributed by atoms with van der Waals surface area (Å²) < 4.78 is 0. The number of hydrogen-bond donors (Lipinski definition) is 1. The van der Waals surface area contributed by atoms with E-state index in [0.29, 0.717) is 16.6 Å². The van der Waals surface area contributed by atoms with Crippen molar-refractivity contribution in [2.24, 2.45) is 4.99 Å². The van der Waals surface area contributed by atoms with Gasteiger partial charge in [-0.2, -0.15) is 0 Å². The van der Waals surface area contributed by atoms with Gasteiger partial charge in [-0.25, -0.2) is 9.79 Å². The number of rotatable bonds is 4. The number of guanidine groups is 1. The molecule has 0 radical (unpaired) electrons. The molecule has 2 aromatic rings. The molecule has 2 unspecified atom stereocenters. The number of likely N-dealkylation sites (N-methyl/N-ethyl adjacent to an activating group) is 1. The van der Waals surface area contributed by atoms with E-state index < -0.39 is 18.2 Å². The number of nitrogens with one attached hydrogen (secondary N) is 1. The number of fused-ring (bicyclic) bond motifs is 1. The number of hydrogen-bond acceptors (Lipinski definition) is 6. The van der Waals surface area contributed by atoms with E-state index in [1.807, 2.05) is 17.0 Å². The fourth-order valence-corrected chi connectivity index (χ4v) is 5.19. The van der Waals surface area contributed by atoms with Crippen molar-refractivity contribution in [2.45, 2.75) is 25.3 Å². The fraction of sp³-hybridized carbons (Fsp3) is 0.375. The van der Waals surface area contributed by atoms with Gasteiger partial charge in [0.25, 0.3) is 5.91 Å². The lowest BCUT2D eigenvalue weighted by atomic mass is 10.1. The van der Waals surface area contributed by atoms with Crippen LogP contribution < -0.4 is 5.32 Å². The summed E-state index contributed by atoms with van der Waals surface area (Å²) in [6.07, 6.45) is -0.579. The number of imide groups is 1. The summed E-state index contributed by atoms with van der Waals surface area (Å²) in [5, 5.41) is 3.53. The molecule has 3 heterocycles. The zero-order valence-electron chi connectivity index (χ0n) is 18.8. The van der Waals surface area contributed by atoms with E-state index in [1.54, 1.807) is 19.2 Å². The molecular formula is C24H26Cl2N6O2. The zero-order chi connectivity index (χ0) is 23.8. The molecule has 34 heavy (non-hydrogen) atoms. The quantitative estimate of drug-likeness (QED) is 0.698. The van der Waals surface area contributed by atoms with Gasteiger partial charge in [-0.1, -0.05) is 59.6 Å². The Balaban J connectivity index is 1.37. The minimum atomic E-state index is -0.619. The second-order valence-corrected chi connectivity index (χ2v) is 9.65. The Hall–Kier alpha value is -2.81. The van der Waals surface area contributed by atoms with Gasteiger partial charge in [0, 0.05) is 56.4 Å². The van der Waals surface area contributed by atoms with Crippen LogP contribution in [-0.2, 0) is 17.9 Å². The number of nitrogens with zero attached hydrogens (tertiary/aromatic N) is 5. The summed E-state index contributed by atoms with van der Waals surface area (Å²) in [4.78, 5) is 38.1. The van der Waals surface area contributed by atoms with E-state index in [1.165, 1.54) is 10.5 Å². The molecule has 178 valence electrons. The van der Waals surface area contributed by atoms with Crippen LogP contribution in [0.4, 0.5) is 4.79 Å². The molecule has 8 nitrogen and oxygen atoms in total. The maximum absolute atomic E-state index is 12.9. The highest BCUT2D eigenvalue weighted by Gasteiger charge is 2.50. The van der Waals surface area contributed by atoms with Gasteiger partial charge in [0.05, 0.1) is 0 Å². The first-order chi connectivity index (χ1) is 16.4. The predicted molar refractivity (Wildman–Crippen MR) is 132 cm³/mol. The lowest BCUT2D eigenvalue weighted by molar-refractivity contribution is -0.127. The van der Waals surface area contributed by atoms with Gasteiger partial charge in [0.15, 0.2) is 18.2 Å². The standard InChI is InChI=1S/C24H26Cl2N6O2/c1-29-21-20(22(33)28-24(29)34)32(15-17-7-8-18(25)13-19(17)26)23(27-21)31-11-9-30(10-12-31)14-16-5-3-2-4-6-16/h2-8,13,20-21H,9-12,14-15H2,1H3,(H,28,33,34). The highest BCUT2D eigenvalue weighted by molar-refractivity contribution is 6.35. The first kappa shape index (κ1) is 23.0. The third-order valence-corrected chi connectivity index (χ3v) is 7.19. The molecule has 5 rings (SSSR count). The maximum Gasteiger partial charge on any atom is 0.325 e. The molecule has 0 spiro atoms. The van der Waals surface area contributed by atoms with Crippen LogP contribution in [0.1, 0.15) is 11.1 Å². The maximum atomic E-state index is 12.9. The average molecular weight is 501 g/mol. The second kappa shape index (κ2) is 9.44.